The molecule has 0 aliphatic carbocycles. The lowest BCUT2D eigenvalue weighted by Crippen LogP contribution is -2.51. The smallest absolute Gasteiger partial charge is 0.183 e. The molecule has 0 spiro atoms. The first-order valence-electron chi connectivity index (χ1n) is 6.85. The molecule has 0 amide bonds. The Morgan fingerprint density at radius 1 is 1.06 bits per heavy atom. The van der Waals surface area contributed by atoms with E-state index in [4.69, 9.17) is 0 Å². The molecule has 1 aromatic carbocycles. The summed E-state index contributed by atoms with van der Waals surface area (Å²) in [6, 6.07) is 9.67. The molecule has 0 N–H and O–H groups in total. The highest BCUT2D eigenvalue weighted by Crippen LogP contribution is 2.29. The number of ketones is 1. The van der Waals surface area contributed by atoms with Crippen LogP contribution in [-0.2, 0) is 0 Å². The maximum absolute atomic E-state index is 12.8. The molecule has 2 heteroatoms. The Hall–Kier alpha value is -1.15. The van der Waals surface area contributed by atoms with Gasteiger partial charge in [-0.3, -0.25) is 9.69 Å². The zero-order chi connectivity index (χ0) is 13.6. The lowest BCUT2D eigenvalue weighted by Gasteiger charge is -2.38. The average molecular weight is 247 g/mol. The quantitative estimate of drug-likeness (QED) is 0.684. The van der Waals surface area contributed by atoms with E-state index in [1.807, 2.05) is 44.4 Å². The molecule has 0 radical (unpaired) electrons. The molecule has 18 heavy (non-hydrogen) atoms. The van der Waals surface area contributed by atoms with Gasteiger partial charge in [0.05, 0.1) is 5.54 Å². The van der Waals surface area contributed by atoms with Crippen LogP contribution in [0.4, 0.5) is 0 Å². The van der Waals surface area contributed by atoms with E-state index in [9.17, 15) is 4.79 Å². The predicted molar refractivity (Wildman–Crippen MR) is 77.0 cm³/mol. The van der Waals surface area contributed by atoms with Crippen molar-refractivity contribution >= 4 is 5.78 Å². The minimum atomic E-state index is -0.342. The number of carbonyl (C=O) groups excluding carboxylic acids is 1. The number of likely N-dealkylation sites (N-methyl/N-ethyl adjacent to an activating group) is 1. The van der Waals surface area contributed by atoms with Crippen molar-refractivity contribution in [2.45, 2.75) is 45.1 Å². The van der Waals surface area contributed by atoms with E-state index in [0.717, 1.165) is 31.2 Å². The highest BCUT2D eigenvalue weighted by molar-refractivity contribution is 6.03. The molecule has 0 unspecified atom stereocenters. The second-order valence-corrected chi connectivity index (χ2v) is 5.12. The van der Waals surface area contributed by atoms with Gasteiger partial charge < -0.3 is 0 Å². The molecule has 1 rings (SSSR count). The van der Waals surface area contributed by atoms with Gasteiger partial charge in [-0.25, -0.2) is 0 Å². The molecule has 0 aliphatic heterocycles. The Bertz CT molecular complexity index is 364. The van der Waals surface area contributed by atoms with Crippen molar-refractivity contribution in [2.24, 2.45) is 0 Å². The number of carbonyl (C=O) groups is 1. The van der Waals surface area contributed by atoms with Gasteiger partial charge in [0, 0.05) is 5.56 Å². The largest absolute Gasteiger partial charge is 0.297 e. The monoisotopic (exact) mass is 247 g/mol. The molecule has 0 atom stereocenters. The summed E-state index contributed by atoms with van der Waals surface area (Å²) in [6.45, 7) is 4.29. The predicted octanol–water partition coefficient (Wildman–Crippen LogP) is 3.77. The second kappa shape index (κ2) is 6.69. The van der Waals surface area contributed by atoms with Gasteiger partial charge in [-0.1, -0.05) is 57.0 Å². The summed E-state index contributed by atoms with van der Waals surface area (Å²) in [6.07, 6.45) is 3.89. The molecule has 0 saturated carbocycles. The first-order chi connectivity index (χ1) is 8.58. The summed E-state index contributed by atoms with van der Waals surface area (Å²) >= 11 is 0. The van der Waals surface area contributed by atoms with Gasteiger partial charge in [0.1, 0.15) is 0 Å². The minimum Gasteiger partial charge on any atom is -0.297 e. The van der Waals surface area contributed by atoms with Gasteiger partial charge in [-0.05, 0) is 26.9 Å². The van der Waals surface area contributed by atoms with Crippen molar-refractivity contribution in [3.63, 3.8) is 0 Å². The first kappa shape index (κ1) is 14.9. The highest BCUT2D eigenvalue weighted by atomic mass is 16.1. The summed E-state index contributed by atoms with van der Waals surface area (Å²) < 4.78 is 0. The standard InChI is InChI=1S/C16H25NO/c1-5-12-16(13-6-2,17(3)4)15(18)14-10-8-7-9-11-14/h7-11H,5-6,12-13H2,1-4H3. The molecule has 0 saturated heterocycles. The number of hydrogen-bond acceptors (Lipinski definition) is 2. The Balaban J connectivity index is 3.13. The zero-order valence-electron chi connectivity index (χ0n) is 12.1. The van der Waals surface area contributed by atoms with Gasteiger partial charge in [-0.2, -0.15) is 0 Å². The van der Waals surface area contributed by atoms with Crippen LogP contribution in [0.25, 0.3) is 0 Å². The normalized spacial score (nSPS) is 11.8. The lowest BCUT2D eigenvalue weighted by atomic mass is 9.80. The maximum Gasteiger partial charge on any atom is 0.183 e. The van der Waals surface area contributed by atoms with Crippen molar-refractivity contribution in [2.75, 3.05) is 14.1 Å². The van der Waals surface area contributed by atoms with E-state index in [-0.39, 0.29) is 11.3 Å². The number of benzene rings is 1. The van der Waals surface area contributed by atoms with Crippen LogP contribution in [0.15, 0.2) is 30.3 Å². The van der Waals surface area contributed by atoms with Crippen LogP contribution < -0.4 is 0 Å². The van der Waals surface area contributed by atoms with E-state index < -0.39 is 0 Å². The third-order valence-corrected chi connectivity index (χ3v) is 3.64. The van der Waals surface area contributed by atoms with E-state index in [1.165, 1.54) is 0 Å². The zero-order valence-corrected chi connectivity index (χ0v) is 12.1. The van der Waals surface area contributed by atoms with Gasteiger partial charge in [-0.15, -0.1) is 0 Å². The number of rotatable bonds is 7. The summed E-state index contributed by atoms with van der Waals surface area (Å²) in [5, 5.41) is 0. The van der Waals surface area contributed by atoms with Crippen LogP contribution >= 0.6 is 0 Å². The van der Waals surface area contributed by atoms with E-state index in [2.05, 4.69) is 18.7 Å². The summed E-state index contributed by atoms with van der Waals surface area (Å²) in [4.78, 5) is 15.0. The molecule has 0 aliphatic rings. The van der Waals surface area contributed by atoms with E-state index >= 15 is 0 Å². The Morgan fingerprint density at radius 3 is 1.94 bits per heavy atom. The second-order valence-electron chi connectivity index (χ2n) is 5.12. The maximum atomic E-state index is 12.8. The molecule has 0 aromatic heterocycles. The SMILES string of the molecule is CCCC(CCC)(C(=O)c1ccccc1)N(C)C. The minimum absolute atomic E-state index is 0.261. The lowest BCUT2D eigenvalue weighted by molar-refractivity contribution is 0.0623. The van der Waals surface area contributed by atoms with Crippen LogP contribution in [0.1, 0.15) is 49.9 Å². The van der Waals surface area contributed by atoms with Crippen LogP contribution in [0, 0.1) is 0 Å². The molecule has 0 heterocycles. The molecule has 2 nitrogen and oxygen atoms in total. The number of nitrogens with zero attached hydrogens (tertiary/aromatic N) is 1. The third-order valence-electron chi connectivity index (χ3n) is 3.64. The fourth-order valence-electron chi connectivity index (χ4n) is 2.69. The molecular formula is C16H25NO. The van der Waals surface area contributed by atoms with Crippen molar-refractivity contribution in [1.29, 1.82) is 0 Å². The Morgan fingerprint density at radius 2 is 1.56 bits per heavy atom. The molecule has 100 valence electrons. The van der Waals surface area contributed by atoms with E-state index in [1.54, 1.807) is 0 Å². The first-order valence-corrected chi connectivity index (χ1v) is 6.85. The summed E-state index contributed by atoms with van der Waals surface area (Å²) in [5.74, 6) is 0.261. The van der Waals surface area contributed by atoms with Gasteiger partial charge in [0.15, 0.2) is 5.78 Å². The summed E-state index contributed by atoms with van der Waals surface area (Å²) in [5.41, 5.74) is 0.485. The van der Waals surface area contributed by atoms with Crippen molar-refractivity contribution in [1.82, 2.24) is 4.90 Å². The average Bonchev–Trinajstić information content (AvgIpc) is 2.38. The molecule has 0 fully saturated rings. The Kier molecular flexibility index (Phi) is 5.54. The third kappa shape index (κ3) is 2.99. The van der Waals surface area contributed by atoms with Crippen LogP contribution in [0.5, 0.6) is 0 Å². The van der Waals surface area contributed by atoms with E-state index in [0.29, 0.717) is 0 Å². The van der Waals surface area contributed by atoms with Crippen molar-refractivity contribution in [3.8, 4) is 0 Å². The van der Waals surface area contributed by atoms with Gasteiger partial charge >= 0.3 is 0 Å². The molecular weight excluding hydrogens is 222 g/mol. The van der Waals surface area contributed by atoms with Crippen LogP contribution in [-0.4, -0.2) is 30.3 Å². The van der Waals surface area contributed by atoms with Crippen LogP contribution in [0.3, 0.4) is 0 Å². The molecule has 1 aromatic rings. The summed E-state index contributed by atoms with van der Waals surface area (Å²) in [7, 11) is 4.04. The topological polar surface area (TPSA) is 20.3 Å². The number of Topliss-reactive ketones (excluding diaryl/α,β-unsaturated/α-hetero) is 1. The fourth-order valence-corrected chi connectivity index (χ4v) is 2.69. The van der Waals surface area contributed by atoms with Crippen LogP contribution in [0.2, 0.25) is 0 Å². The van der Waals surface area contributed by atoms with Gasteiger partial charge in [0.25, 0.3) is 0 Å². The van der Waals surface area contributed by atoms with Crippen molar-refractivity contribution in [3.05, 3.63) is 35.9 Å². The fraction of sp³-hybridized carbons (Fsp3) is 0.562. The number of hydrogen-bond donors (Lipinski definition) is 0. The highest BCUT2D eigenvalue weighted by Gasteiger charge is 2.38. The molecule has 0 bridgehead atoms. The van der Waals surface area contributed by atoms with Gasteiger partial charge in [0.2, 0.25) is 0 Å². The van der Waals surface area contributed by atoms with Crippen molar-refractivity contribution < 1.29 is 4.79 Å². The Labute approximate surface area is 111 Å².